The number of aliphatic hydroxyl groups excluding tert-OH is 1. The summed E-state index contributed by atoms with van der Waals surface area (Å²) in [5, 5.41) is 8.78. The number of hydrogen-bond acceptors (Lipinski definition) is 5. The zero-order valence-corrected chi connectivity index (χ0v) is 7.13. The van der Waals surface area contributed by atoms with Crippen molar-refractivity contribution in [2.24, 2.45) is 0 Å². The molecule has 0 saturated carbocycles. The van der Waals surface area contributed by atoms with E-state index in [0.29, 0.717) is 18.6 Å². The molecule has 0 bridgehead atoms. The van der Waals surface area contributed by atoms with E-state index in [-0.39, 0.29) is 18.8 Å². The van der Waals surface area contributed by atoms with Gasteiger partial charge >= 0.3 is 5.97 Å². The minimum Gasteiger partial charge on any atom is -0.466 e. The topological polar surface area (TPSA) is 66.8 Å². The van der Waals surface area contributed by atoms with Gasteiger partial charge in [0.2, 0.25) is 0 Å². The van der Waals surface area contributed by atoms with E-state index < -0.39 is 5.44 Å². The van der Waals surface area contributed by atoms with E-state index in [1.54, 1.807) is 6.92 Å². The molecule has 4 nitrogen and oxygen atoms in total. The number of carbonyl (C=O) groups is 1. The normalized spacial score (nSPS) is 12.6. The van der Waals surface area contributed by atoms with Crippen LogP contribution in [0.5, 0.6) is 0 Å². The zero-order chi connectivity index (χ0) is 8.69. The van der Waals surface area contributed by atoms with Crippen LogP contribution in [0.4, 0.5) is 0 Å². The summed E-state index contributed by atoms with van der Waals surface area (Å²) >= 11 is 0.333. The van der Waals surface area contributed by atoms with Gasteiger partial charge < -0.3 is 14.4 Å². The Labute approximate surface area is 69.8 Å². The number of esters is 1. The van der Waals surface area contributed by atoms with Crippen LogP contribution in [0.2, 0.25) is 0 Å². The molecule has 0 heterocycles. The van der Waals surface area contributed by atoms with Crippen molar-refractivity contribution in [1.82, 2.24) is 0 Å². The Hall–Kier alpha value is -0.260. The number of ether oxygens (including phenoxy) is 1. The molecule has 0 aromatic carbocycles. The summed E-state index contributed by atoms with van der Waals surface area (Å²) < 4.78 is 12.9. The molecule has 0 radical (unpaired) electrons. The third kappa shape index (κ3) is 6.15. The molecule has 66 valence electrons. The fourth-order valence-corrected chi connectivity index (χ4v) is 0.750. The minimum atomic E-state index is -0.889. The summed E-state index contributed by atoms with van der Waals surface area (Å²) in [6, 6.07) is 0. The van der Waals surface area contributed by atoms with E-state index >= 15 is 0 Å². The largest absolute Gasteiger partial charge is 0.466 e. The molecule has 0 aliphatic carbocycles. The first-order valence-corrected chi connectivity index (χ1v) is 4.18. The van der Waals surface area contributed by atoms with Gasteiger partial charge in [-0.05, 0) is 13.3 Å². The lowest BCUT2D eigenvalue weighted by Gasteiger charge is -2.04. The van der Waals surface area contributed by atoms with Gasteiger partial charge in [-0.2, -0.15) is 0 Å². The van der Waals surface area contributed by atoms with Crippen LogP contribution in [-0.2, 0) is 9.53 Å². The van der Waals surface area contributed by atoms with Gasteiger partial charge in [0.1, 0.15) is 5.44 Å². The molecule has 0 fully saturated rings. The van der Waals surface area contributed by atoms with Crippen molar-refractivity contribution in [3.63, 3.8) is 0 Å². The lowest BCUT2D eigenvalue weighted by Crippen LogP contribution is -2.08. The molecule has 0 rings (SSSR count). The zero-order valence-electron chi connectivity index (χ0n) is 6.32. The Bertz CT molecular complexity index is 117. The van der Waals surface area contributed by atoms with E-state index in [1.165, 1.54) is 0 Å². The van der Waals surface area contributed by atoms with Gasteiger partial charge in [0.25, 0.3) is 0 Å². The van der Waals surface area contributed by atoms with E-state index in [2.05, 4.69) is 4.74 Å². The first kappa shape index (κ1) is 10.7. The quantitative estimate of drug-likeness (QED) is 0.373. The molecule has 11 heavy (non-hydrogen) atoms. The standard InChI is InChI=1S/C6H12O4S/c1-2-10-5(7)3-4-6(8)11-9/h6,8-9H,2-4H2,1H3. The van der Waals surface area contributed by atoms with Crippen molar-refractivity contribution in [2.75, 3.05) is 6.61 Å². The van der Waals surface area contributed by atoms with Gasteiger partial charge in [0.15, 0.2) is 0 Å². The maximum absolute atomic E-state index is 10.6. The van der Waals surface area contributed by atoms with Gasteiger partial charge in [-0.25, -0.2) is 0 Å². The summed E-state index contributed by atoms with van der Waals surface area (Å²) in [7, 11) is 0. The predicted octanol–water partition coefficient (Wildman–Crippen LogP) is 0.854. The average Bonchev–Trinajstić information content (AvgIpc) is 2.01. The molecule has 1 unspecified atom stereocenters. The molecule has 0 aromatic rings. The molecule has 0 aromatic heterocycles. The summed E-state index contributed by atoms with van der Waals surface area (Å²) in [4.78, 5) is 10.6. The van der Waals surface area contributed by atoms with E-state index in [4.69, 9.17) is 9.66 Å². The first-order valence-electron chi connectivity index (χ1n) is 3.34. The highest BCUT2D eigenvalue weighted by molar-refractivity contribution is 7.94. The average molecular weight is 180 g/mol. The van der Waals surface area contributed by atoms with E-state index in [0.717, 1.165) is 0 Å². The van der Waals surface area contributed by atoms with Gasteiger partial charge in [-0.1, -0.05) is 0 Å². The van der Waals surface area contributed by atoms with Crippen LogP contribution in [0.25, 0.3) is 0 Å². The molecule has 2 N–H and O–H groups in total. The molecule has 0 spiro atoms. The maximum atomic E-state index is 10.6. The third-order valence-electron chi connectivity index (χ3n) is 1.02. The molecule has 0 aliphatic heterocycles. The van der Waals surface area contributed by atoms with Crippen molar-refractivity contribution in [3.8, 4) is 0 Å². The van der Waals surface area contributed by atoms with Gasteiger partial charge in [-0.15, -0.1) is 0 Å². The molecule has 0 aliphatic rings. The lowest BCUT2D eigenvalue weighted by molar-refractivity contribution is -0.143. The fourth-order valence-electron chi connectivity index (χ4n) is 0.527. The van der Waals surface area contributed by atoms with Gasteiger partial charge in [0.05, 0.1) is 6.61 Å². The minimum absolute atomic E-state index is 0.141. The van der Waals surface area contributed by atoms with Crippen LogP contribution in [0.15, 0.2) is 0 Å². The highest BCUT2D eigenvalue weighted by Crippen LogP contribution is 2.08. The Morgan fingerprint density at radius 3 is 2.82 bits per heavy atom. The summed E-state index contributed by atoms with van der Waals surface area (Å²) in [6.45, 7) is 2.07. The first-order chi connectivity index (χ1) is 5.20. The number of aliphatic hydroxyl groups is 1. The van der Waals surface area contributed by atoms with Crippen molar-refractivity contribution in [2.45, 2.75) is 25.2 Å². The number of hydrogen-bond donors (Lipinski definition) is 2. The molecular formula is C6H12O4S. The summed E-state index contributed by atoms with van der Waals surface area (Å²) in [5.74, 6) is -0.347. The van der Waals surface area contributed by atoms with Crippen LogP contribution in [0, 0.1) is 0 Å². The predicted molar refractivity (Wildman–Crippen MR) is 42.1 cm³/mol. The second kappa shape index (κ2) is 6.45. The molecule has 5 heteroatoms. The van der Waals surface area contributed by atoms with Crippen LogP contribution < -0.4 is 0 Å². The lowest BCUT2D eigenvalue weighted by atomic mass is 10.3. The Morgan fingerprint density at radius 1 is 1.73 bits per heavy atom. The van der Waals surface area contributed by atoms with E-state index in [1.807, 2.05) is 0 Å². The Morgan fingerprint density at radius 2 is 2.36 bits per heavy atom. The number of carbonyl (C=O) groups excluding carboxylic acids is 1. The van der Waals surface area contributed by atoms with Crippen molar-refractivity contribution in [3.05, 3.63) is 0 Å². The Balaban J connectivity index is 3.30. The van der Waals surface area contributed by atoms with Crippen LogP contribution in [0.3, 0.4) is 0 Å². The summed E-state index contributed by atoms with van der Waals surface area (Å²) in [6.07, 6.45) is 0.364. The summed E-state index contributed by atoms with van der Waals surface area (Å²) in [5.41, 5.74) is -0.889. The Kier molecular flexibility index (Phi) is 6.30. The molecule has 0 saturated heterocycles. The monoisotopic (exact) mass is 180 g/mol. The van der Waals surface area contributed by atoms with Crippen LogP contribution in [-0.4, -0.2) is 27.7 Å². The van der Waals surface area contributed by atoms with Gasteiger partial charge in [-0.3, -0.25) is 4.79 Å². The smallest absolute Gasteiger partial charge is 0.305 e. The van der Waals surface area contributed by atoms with Crippen molar-refractivity contribution in [1.29, 1.82) is 0 Å². The van der Waals surface area contributed by atoms with Crippen molar-refractivity contribution < 1.29 is 19.2 Å². The van der Waals surface area contributed by atoms with Crippen LogP contribution in [0.1, 0.15) is 19.8 Å². The number of rotatable bonds is 5. The second-order valence-electron chi connectivity index (χ2n) is 1.90. The fraction of sp³-hybridized carbons (Fsp3) is 0.833. The highest BCUT2D eigenvalue weighted by Gasteiger charge is 2.07. The van der Waals surface area contributed by atoms with E-state index in [9.17, 15) is 4.79 Å². The van der Waals surface area contributed by atoms with Gasteiger partial charge in [0, 0.05) is 18.5 Å². The second-order valence-corrected chi connectivity index (χ2v) is 2.66. The van der Waals surface area contributed by atoms with Crippen LogP contribution >= 0.6 is 12.0 Å². The molecule has 0 amide bonds. The maximum Gasteiger partial charge on any atom is 0.305 e. The van der Waals surface area contributed by atoms with Crippen molar-refractivity contribution >= 4 is 18.0 Å². The molecular weight excluding hydrogens is 168 g/mol. The molecule has 1 atom stereocenters. The highest BCUT2D eigenvalue weighted by atomic mass is 32.2. The SMILES string of the molecule is CCOC(=O)CCC(O)SO. The third-order valence-corrected chi connectivity index (χ3v) is 1.50.